The molecule has 118 valence electrons. The summed E-state index contributed by atoms with van der Waals surface area (Å²) in [5.41, 5.74) is -0.136. The molecule has 3 aromatic heterocycles. The number of nitrogens with one attached hydrogen (secondary N) is 1. The first kappa shape index (κ1) is 14.6. The average molecular weight is 313 g/mol. The van der Waals surface area contributed by atoms with Crippen LogP contribution in [0.4, 0.5) is 13.2 Å². The van der Waals surface area contributed by atoms with Gasteiger partial charge in [-0.25, -0.2) is 4.40 Å². The first-order valence-electron chi connectivity index (χ1n) is 6.97. The van der Waals surface area contributed by atoms with Crippen molar-refractivity contribution in [2.75, 3.05) is 0 Å². The molecule has 0 atom stereocenters. The molecule has 0 saturated carbocycles. The second-order valence-corrected chi connectivity index (χ2v) is 5.06. The molecule has 0 aliphatic carbocycles. The molecule has 9 heteroatoms. The normalized spacial score (nSPS) is 12.5. The van der Waals surface area contributed by atoms with E-state index in [2.05, 4.69) is 15.2 Å². The minimum Gasteiger partial charge on any atom is -0.355 e. The first-order chi connectivity index (χ1) is 10.4. The molecule has 0 fully saturated rings. The third-order valence-electron chi connectivity index (χ3n) is 3.56. The molecule has 0 aliphatic rings. The lowest BCUT2D eigenvalue weighted by molar-refractivity contribution is -0.145. The number of aryl methyl sites for hydroxylation is 1. The van der Waals surface area contributed by atoms with Gasteiger partial charge in [-0.05, 0) is 12.5 Å². The van der Waals surface area contributed by atoms with Gasteiger partial charge in [0.15, 0.2) is 0 Å². The van der Waals surface area contributed by atoms with Gasteiger partial charge in [0.05, 0.1) is 5.52 Å². The lowest BCUT2D eigenvalue weighted by Gasteiger charge is -2.10. The van der Waals surface area contributed by atoms with E-state index < -0.39 is 17.6 Å². The van der Waals surface area contributed by atoms with Crippen molar-refractivity contribution in [1.29, 1.82) is 0 Å². The Hall–Kier alpha value is -2.32. The van der Waals surface area contributed by atoms with E-state index in [1.165, 1.54) is 6.20 Å². The summed E-state index contributed by atoms with van der Waals surface area (Å²) in [6.45, 7) is 2.51. The van der Waals surface area contributed by atoms with Crippen LogP contribution in [0.15, 0.2) is 17.1 Å². The molecular weight excluding hydrogens is 299 g/mol. The molecule has 0 aliphatic heterocycles. The number of alkyl halides is 3. The average Bonchev–Trinajstić information content (AvgIpc) is 3.08. The molecule has 0 radical (unpaired) electrons. The molecule has 22 heavy (non-hydrogen) atoms. The van der Waals surface area contributed by atoms with Gasteiger partial charge < -0.3 is 9.55 Å². The van der Waals surface area contributed by atoms with E-state index in [-0.39, 0.29) is 11.3 Å². The summed E-state index contributed by atoms with van der Waals surface area (Å²) >= 11 is 0. The maximum Gasteiger partial charge on any atom is 0.452 e. The summed E-state index contributed by atoms with van der Waals surface area (Å²) in [4.78, 5) is 15.0. The summed E-state index contributed by atoms with van der Waals surface area (Å²) in [5, 5.41) is 6.77. The molecular formula is C13H14F3N5O. The largest absolute Gasteiger partial charge is 0.452 e. The minimum absolute atomic E-state index is 0.0828. The van der Waals surface area contributed by atoms with Gasteiger partial charge in [0.25, 0.3) is 5.56 Å². The maximum absolute atomic E-state index is 13.0. The quantitative estimate of drug-likeness (QED) is 0.753. The molecule has 0 aromatic carbocycles. The molecule has 0 bridgehead atoms. The van der Waals surface area contributed by atoms with Gasteiger partial charge in [0.2, 0.25) is 11.6 Å². The summed E-state index contributed by atoms with van der Waals surface area (Å²) in [6.07, 6.45) is -0.510. The second-order valence-electron chi connectivity index (χ2n) is 5.06. The molecule has 1 N–H and O–H groups in total. The number of aromatic amines is 1. The Labute approximate surface area is 122 Å². The highest BCUT2D eigenvalue weighted by Gasteiger charge is 2.38. The molecule has 0 saturated heterocycles. The summed E-state index contributed by atoms with van der Waals surface area (Å²) in [6, 6.07) is 1.66. The smallest absolute Gasteiger partial charge is 0.355 e. The zero-order valence-electron chi connectivity index (χ0n) is 11.8. The SMILES string of the molecule is CCCCCn1c2cc[nH]c2c(=O)n2c(C(F)(F)F)nnc12. The van der Waals surface area contributed by atoms with Gasteiger partial charge >= 0.3 is 6.18 Å². The fraction of sp³-hybridized carbons (Fsp3) is 0.462. The topological polar surface area (TPSA) is 68.0 Å². The van der Waals surface area contributed by atoms with Crippen molar-refractivity contribution in [3.63, 3.8) is 0 Å². The Morgan fingerprint density at radius 2 is 2.05 bits per heavy atom. The first-order valence-corrected chi connectivity index (χ1v) is 6.97. The number of aromatic nitrogens is 5. The highest BCUT2D eigenvalue weighted by Crippen LogP contribution is 2.27. The molecule has 0 spiro atoms. The molecule has 3 rings (SSSR count). The van der Waals surface area contributed by atoms with Crippen molar-refractivity contribution < 1.29 is 13.2 Å². The van der Waals surface area contributed by atoms with Crippen LogP contribution in [0.25, 0.3) is 16.8 Å². The number of H-pyrrole nitrogens is 1. The number of hydrogen-bond donors (Lipinski definition) is 1. The number of nitrogens with zero attached hydrogens (tertiary/aromatic N) is 4. The van der Waals surface area contributed by atoms with E-state index in [1.807, 2.05) is 6.92 Å². The Bertz CT molecular complexity index is 873. The Morgan fingerprint density at radius 1 is 1.27 bits per heavy atom. The van der Waals surface area contributed by atoms with Crippen molar-refractivity contribution in [3.05, 3.63) is 28.4 Å². The van der Waals surface area contributed by atoms with Crippen LogP contribution >= 0.6 is 0 Å². The fourth-order valence-electron chi connectivity index (χ4n) is 2.54. The van der Waals surface area contributed by atoms with Gasteiger partial charge in [0, 0.05) is 12.7 Å². The van der Waals surface area contributed by atoms with Crippen LogP contribution in [0.2, 0.25) is 0 Å². The van der Waals surface area contributed by atoms with Crippen molar-refractivity contribution in [3.8, 4) is 0 Å². The third-order valence-corrected chi connectivity index (χ3v) is 3.56. The standard InChI is InChI=1S/C13H14F3N5O/c1-2-3-4-7-20-8-5-6-17-9(8)10(22)21-11(13(14,15)16)18-19-12(20)21/h5-6,17H,2-4,7H2,1H3. The lowest BCUT2D eigenvalue weighted by Crippen LogP contribution is -2.24. The highest BCUT2D eigenvalue weighted by molar-refractivity contribution is 5.76. The number of fused-ring (bicyclic) bond motifs is 2. The minimum atomic E-state index is -4.74. The Kier molecular flexibility index (Phi) is 3.42. The van der Waals surface area contributed by atoms with Gasteiger partial charge in [-0.1, -0.05) is 19.8 Å². The third kappa shape index (κ3) is 2.16. The zero-order valence-corrected chi connectivity index (χ0v) is 11.8. The van der Waals surface area contributed by atoms with Crippen LogP contribution in [-0.4, -0.2) is 24.1 Å². The predicted molar refractivity (Wildman–Crippen MR) is 73.6 cm³/mol. The number of halogens is 3. The van der Waals surface area contributed by atoms with Crippen molar-refractivity contribution >= 4 is 16.8 Å². The van der Waals surface area contributed by atoms with Crippen molar-refractivity contribution in [2.45, 2.75) is 38.9 Å². The van der Waals surface area contributed by atoms with Gasteiger partial charge in [0.1, 0.15) is 5.52 Å². The molecule has 6 nitrogen and oxygen atoms in total. The summed E-state index contributed by atoms with van der Waals surface area (Å²) in [5.74, 6) is -1.38. The van der Waals surface area contributed by atoms with Crippen LogP contribution in [0.1, 0.15) is 32.0 Å². The van der Waals surface area contributed by atoms with Gasteiger partial charge in [-0.2, -0.15) is 13.2 Å². The van der Waals surface area contributed by atoms with Crippen molar-refractivity contribution in [2.24, 2.45) is 0 Å². The Balaban J connectivity index is 2.31. The zero-order chi connectivity index (χ0) is 15.9. The van der Waals surface area contributed by atoms with Crippen LogP contribution in [0.5, 0.6) is 0 Å². The van der Waals surface area contributed by atoms with Gasteiger partial charge in [-0.3, -0.25) is 4.79 Å². The van der Waals surface area contributed by atoms with E-state index in [0.29, 0.717) is 16.5 Å². The number of hydrogen-bond acceptors (Lipinski definition) is 3. The molecule has 0 amide bonds. The van der Waals surface area contributed by atoms with Crippen LogP contribution in [-0.2, 0) is 12.7 Å². The lowest BCUT2D eigenvalue weighted by atomic mass is 10.2. The number of unbranched alkanes of at least 4 members (excludes halogenated alkanes) is 2. The van der Waals surface area contributed by atoms with Gasteiger partial charge in [-0.15, -0.1) is 10.2 Å². The van der Waals surface area contributed by atoms with E-state index in [1.54, 1.807) is 10.6 Å². The summed E-state index contributed by atoms with van der Waals surface area (Å²) in [7, 11) is 0. The van der Waals surface area contributed by atoms with Crippen LogP contribution in [0, 0.1) is 0 Å². The second kappa shape index (κ2) is 5.15. The predicted octanol–water partition coefficient (Wildman–Crippen LogP) is 2.58. The van der Waals surface area contributed by atoms with E-state index >= 15 is 0 Å². The van der Waals surface area contributed by atoms with E-state index in [4.69, 9.17) is 0 Å². The maximum atomic E-state index is 13.0. The molecule has 3 aromatic rings. The highest BCUT2D eigenvalue weighted by atomic mass is 19.4. The number of rotatable bonds is 4. The Morgan fingerprint density at radius 3 is 2.73 bits per heavy atom. The molecule has 0 unspecified atom stereocenters. The van der Waals surface area contributed by atoms with E-state index in [9.17, 15) is 18.0 Å². The van der Waals surface area contributed by atoms with Crippen LogP contribution in [0.3, 0.4) is 0 Å². The van der Waals surface area contributed by atoms with Crippen LogP contribution < -0.4 is 5.56 Å². The fourth-order valence-corrected chi connectivity index (χ4v) is 2.54. The molecule has 3 heterocycles. The monoisotopic (exact) mass is 313 g/mol. The van der Waals surface area contributed by atoms with E-state index in [0.717, 1.165) is 19.3 Å². The summed E-state index contributed by atoms with van der Waals surface area (Å²) < 4.78 is 41.2. The van der Waals surface area contributed by atoms with Crippen molar-refractivity contribution in [1.82, 2.24) is 24.1 Å².